The maximum atomic E-state index is 12.3. The van der Waals surface area contributed by atoms with Crippen LogP contribution in [0, 0.1) is 5.92 Å². The Morgan fingerprint density at radius 3 is 2.48 bits per heavy atom. The molecule has 0 atom stereocenters. The molecule has 0 aliphatic carbocycles. The van der Waals surface area contributed by atoms with Crippen LogP contribution in [-0.2, 0) is 11.2 Å². The van der Waals surface area contributed by atoms with Gasteiger partial charge in [-0.1, -0.05) is 55.8 Å². The van der Waals surface area contributed by atoms with Gasteiger partial charge in [0.2, 0.25) is 11.9 Å². The average molecular weight is 390 g/mol. The summed E-state index contributed by atoms with van der Waals surface area (Å²) >= 11 is 6.04. The molecule has 0 radical (unpaired) electrons. The minimum Gasteiger partial charge on any atom is -0.354 e. The zero-order valence-corrected chi connectivity index (χ0v) is 16.2. The lowest BCUT2D eigenvalue weighted by molar-refractivity contribution is -0.123. The predicted octanol–water partition coefficient (Wildman–Crippen LogP) is 2.29. The Bertz CT molecular complexity index is 768. The van der Waals surface area contributed by atoms with Gasteiger partial charge in [-0.3, -0.25) is 9.59 Å². The summed E-state index contributed by atoms with van der Waals surface area (Å²) in [7, 11) is 0. The van der Waals surface area contributed by atoms with E-state index in [0.29, 0.717) is 19.0 Å². The molecule has 0 spiro atoms. The fourth-order valence-corrected chi connectivity index (χ4v) is 2.40. The fourth-order valence-electron chi connectivity index (χ4n) is 2.22. The van der Waals surface area contributed by atoms with Gasteiger partial charge in [0, 0.05) is 25.6 Å². The van der Waals surface area contributed by atoms with Crippen LogP contribution in [0.1, 0.15) is 29.9 Å². The van der Waals surface area contributed by atoms with E-state index in [0.717, 1.165) is 6.42 Å². The minimum atomic E-state index is -0.410. The van der Waals surface area contributed by atoms with E-state index < -0.39 is 5.91 Å². The zero-order chi connectivity index (χ0) is 19.6. The first-order valence-electron chi connectivity index (χ1n) is 8.83. The summed E-state index contributed by atoms with van der Waals surface area (Å²) in [4.78, 5) is 32.0. The highest BCUT2D eigenvalue weighted by Crippen LogP contribution is 2.14. The van der Waals surface area contributed by atoms with Gasteiger partial charge in [-0.25, -0.2) is 9.97 Å². The van der Waals surface area contributed by atoms with Crippen molar-refractivity contribution in [2.24, 2.45) is 5.92 Å². The first-order chi connectivity index (χ1) is 13.0. The second-order valence-electron chi connectivity index (χ2n) is 6.25. The second kappa shape index (κ2) is 10.5. The quantitative estimate of drug-likeness (QED) is 0.572. The molecule has 0 aliphatic heterocycles. The Kier molecular flexibility index (Phi) is 8.00. The molecular weight excluding hydrogens is 366 g/mol. The van der Waals surface area contributed by atoms with Crippen LogP contribution in [-0.4, -0.2) is 41.4 Å². The molecule has 144 valence electrons. The van der Waals surface area contributed by atoms with Gasteiger partial charge in [0.1, 0.15) is 0 Å². The van der Waals surface area contributed by atoms with Crippen LogP contribution >= 0.6 is 11.6 Å². The normalized spacial score (nSPS) is 10.5. The van der Waals surface area contributed by atoms with Gasteiger partial charge in [-0.05, 0) is 12.0 Å². The lowest BCUT2D eigenvalue weighted by atomic mass is 10.1. The van der Waals surface area contributed by atoms with Crippen LogP contribution in [0.25, 0.3) is 0 Å². The summed E-state index contributed by atoms with van der Waals surface area (Å²) < 4.78 is 0. The number of carbonyl (C=O) groups excluding carboxylic acids is 2. The summed E-state index contributed by atoms with van der Waals surface area (Å²) in [5.74, 6) is -0.225. The summed E-state index contributed by atoms with van der Waals surface area (Å²) in [6.07, 6.45) is 2.21. The molecule has 2 amide bonds. The molecule has 0 unspecified atom stereocenters. The van der Waals surface area contributed by atoms with E-state index in [-0.39, 0.29) is 29.1 Å². The van der Waals surface area contributed by atoms with E-state index in [4.69, 9.17) is 11.6 Å². The lowest BCUT2D eigenvalue weighted by Gasteiger charge is -2.10. The Balaban J connectivity index is 1.84. The van der Waals surface area contributed by atoms with Gasteiger partial charge in [0.15, 0.2) is 5.69 Å². The number of hydrogen-bond donors (Lipinski definition) is 3. The maximum Gasteiger partial charge on any atom is 0.271 e. The van der Waals surface area contributed by atoms with E-state index in [1.54, 1.807) is 13.8 Å². The van der Waals surface area contributed by atoms with Crippen LogP contribution in [0.2, 0.25) is 5.02 Å². The number of halogens is 1. The molecule has 27 heavy (non-hydrogen) atoms. The third kappa shape index (κ3) is 6.86. The van der Waals surface area contributed by atoms with Crippen molar-refractivity contribution in [2.45, 2.75) is 20.3 Å². The van der Waals surface area contributed by atoms with Crippen molar-refractivity contribution in [1.29, 1.82) is 0 Å². The summed E-state index contributed by atoms with van der Waals surface area (Å²) in [6, 6.07) is 10.0. The maximum absolute atomic E-state index is 12.3. The van der Waals surface area contributed by atoms with E-state index in [1.807, 2.05) is 30.3 Å². The number of rotatable bonds is 9. The average Bonchev–Trinajstić information content (AvgIpc) is 2.67. The Morgan fingerprint density at radius 1 is 1.07 bits per heavy atom. The predicted molar refractivity (Wildman–Crippen MR) is 106 cm³/mol. The van der Waals surface area contributed by atoms with E-state index in [1.165, 1.54) is 11.8 Å². The molecule has 1 aromatic heterocycles. The second-order valence-corrected chi connectivity index (χ2v) is 6.66. The molecule has 8 heteroatoms. The standard InChI is InChI=1S/C19H24ClN5O2/c1-13(2)17(26)21-10-11-22-18(27)16-15(20)12-24-19(25-16)23-9-8-14-6-4-3-5-7-14/h3-7,12-13H,8-11H2,1-2H3,(H,21,26)(H,22,27)(H,23,24,25). The summed E-state index contributed by atoms with van der Waals surface area (Å²) in [6.45, 7) is 4.87. The number of amides is 2. The van der Waals surface area contributed by atoms with Crippen LogP contribution in [0.3, 0.4) is 0 Å². The molecule has 0 saturated carbocycles. The Labute approximate surface area is 163 Å². The smallest absolute Gasteiger partial charge is 0.271 e. The molecule has 2 rings (SSSR count). The van der Waals surface area contributed by atoms with E-state index >= 15 is 0 Å². The number of hydrogen-bond acceptors (Lipinski definition) is 5. The molecule has 0 bridgehead atoms. The van der Waals surface area contributed by atoms with Crippen molar-refractivity contribution in [2.75, 3.05) is 25.0 Å². The number of nitrogens with zero attached hydrogens (tertiary/aromatic N) is 2. The Hall–Kier alpha value is -2.67. The van der Waals surface area contributed by atoms with Gasteiger partial charge < -0.3 is 16.0 Å². The van der Waals surface area contributed by atoms with Crippen molar-refractivity contribution in [3.8, 4) is 0 Å². The lowest BCUT2D eigenvalue weighted by Crippen LogP contribution is -2.36. The van der Waals surface area contributed by atoms with Crippen molar-refractivity contribution in [3.63, 3.8) is 0 Å². The minimum absolute atomic E-state index is 0.0609. The summed E-state index contributed by atoms with van der Waals surface area (Å²) in [5, 5.41) is 8.68. The molecule has 0 aliphatic rings. The van der Waals surface area contributed by atoms with Gasteiger partial charge in [-0.2, -0.15) is 0 Å². The first-order valence-corrected chi connectivity index (χ1v) is 9.21. The number of carbonyl (C=O) groups is 2. The van der Waals surface area contributed by atoms with Crippen LogP contribution in [0.15, 0.2) is 36.5 Å². The largest absolute Gasteiger partial charge is 0.354 e. The fraction of sp³-hybridized carbons (Fsp3) is 0.368. The highest BCUT2D eigenvalue weighted by molar-refractivity contribution is 6.33. The van der Waals surface area contributed by atoms with Crippen LogP contribution < -0.4 is 16.0 Å². The van der Waals surface area contributed by atoms with E-state index in [9.17, 15) is 9.59 Å². The number of nitrogens with one attached hydrogen (secondary N) is 3. The molecule has 1 heterocycles. The van der Waals surface area contributed by atoms with Crippen LogP contribution in [0.5, 0.6) is 0 Å². The highest BCUT2D eigenvalue weighted by Gasteiger charge is 2.14. The van der Waals surface area contributed by atoms with E-state index in [2.05, 4.69) is 25.9 Å². The zero-order valence-electron chi connectivity index (χ0n) is 15.5. The molecule has 7 nitrogen and oxygen atoms in total. The van der Waals surface area contributed by atoms with Gasteiger partial charge in [0.25, 0.3) is 5.91 Å². The monoisotopic (exact) mass is 389 g/mol. The van der Waals surface area contributed by atoms with Crippen molar-refractivity contribution in [3.05, 3.63) is 52.8 Å². The molecule has 3 N–H and O–H groups in total. The van der Waals surface area contributed by atoms with Crippen LogP contribution in [0.4, 0.5) is 5.95 Å². The van der Waals surface area contributed by atoms with Gasteiger partial charge in [0.05, 0.1) is 11.2 Å². The van der Waals surface area contributed by atoms with Crippen molar-refractivity contribution in [1.82, 2.24) is 20.6 Å². The Morgan fingerprint density at radius 2 is 1.78 bits per heavy atom. The number of benzene rings is 1. The molecule has 1 aromatic carbocycles. The van der Waals surface area contributed by atoms with Gasteiger partial charge >= 0.3 is 0 Å². The third-order valence-electron chi connectivity index (χ3n) is 3.73. The molecule has 0 saturated heterocycles. The molecule has 0 fully saturated rings. The van der Waals surface area contributed by atoms with Crippen molar-refractivity contribution >= 4 is 29.4 Å². The summed E-state index contributed by atoms with van der Waals surface area (Å²) in [5.41, 5.74) is 1.30. The first kappa shape index (κ1) is 20.6. The van der Waals surface area contributed by atoms with Crippen molar-refractivity contribution < 1.29 is 9.59 Å². The third-order valence-corrected chi connectivity index (χ3v) is 4.01. The number of aromatic nitrogens is 2. The molecule has 2 aromatic rings. The topological polar surface area (TPSA) is 96.0 Å². The SMILES string of the molecule is CC(C)C(=O)NCCNC(=O)c1nc(NCCc2ccccc2)ncc1Cl. The molecular formula is C19H24ClN5O2. The highest BCUT2D eigenvalue weighted by atomic mass is 35.5. The van der Waals surface area contributed by atoms with Gasteiger partial charge in [-0.15, -0.1) is 0 Å². The number of anilines is 1.